The molecule has 0 aliphatic heterocycles. The van der Waals surface area contributed by atoms with Crippen LogP contribution in [-0.2, 0) is 11.2 Å². The molecule has 2 aromatic rings. The molecule has 0 unspecified atom stereocenters. The minimum absolute atomic E-state index is 0.622. The van der Waals surface area contributed by atoms with Crippen molar-refractivity contribution in [1.29, 1.82) is 0 Å². The molecule has 0 fully saturated rings. The molecular weight excluding hydrogens is 258 g/mol. The van der Waals surface area contributed by atoms with Gasteiger partial charge < -0.3 is 4.74 Å². The summed E-state index contributed by atoms with van der Waals surface area (Å²) in [7, 11) is 1.61. The predicted molar refractivity (Wildman–Crippen MR) is 79.3 cm³/mol. The largest absolute Gasteiger partial charge is 0.497 e. The van der Waals surface area contributed by atoms with Crippen LogP contribution in [0.2, 0.25) is 5.02 Å². The summed E-state index contributed by atoms with van der Waals surface area (Å²) in [6.07, 6.45) is 4.40. The summed E-state index contributed by atoms with van der Waals surface area (Å²) in [6.45, 7) is 5.92. The van der Waals surface area contributed by atoms with Gasteiger partial charge in [0, 0.05) is 23.0 Å². The summed E-state index contributed by atoms with van der Waals surface area (Å²) < 4.78 is 5.13. The van der Waals surface area contributed by atoms with Gasteiger partial charge in [0.25, 0.3) is 0 Å². The highest BCUT2D eigenvalue weighted by molar-refractivity contribution is 6.30. The molecule has 1 heterocycles. The summed E-state index contributed by atoms with van der Waals surface area (Å²) >= 11 is 6.04. The Morgan fingerprint density at radius 1 is 1.32 bits per heavy atom. The molecule has 0 atom stereocenters. The summed E-state index contributed by atoms with van der Waals surface area (Å²) in [5, 5.41) is 0.756. The van der Waals surface area contributed by atoms with Crippen LogP contribution >= 0.6 is 11.6 Å². The fraction of sp³-hybridized carbons (Fsp3) is 0.188. The van der Waals surface area contributed by atoms with Gasteiger partial charge in [-0.3, -0.25) is 4.98 Å². The van der Waals surface area contributed by atoms with Crippen LogP contribution in [0, 0.1) is 6.92 Å². The van der Waals surface area contributed by atoms with E-state index in [1.54, 1.807) is 13.3 Å². The van der Waals surface area contributed by atoms with Crippen LogP contribution in [0.5, 0.6) is 0 Å². The highest BCUT2D eigenvalue weighted by Gasteiger charge is 2.05. The molecular formula is C16H16ClNO. The summed E-state index contributed by atoms with van der Waals surface area (Å²) in [5.41, 5.74) is 4.44. The van der Waals surface area contributed by atoms with Gasteiger partial charge in [0.1, 0.15) is 5.76 Å². The van der Waals surface area contributed by atoms with Crippen LogP contribution in [0.15, 0.2) is 43.2 Å². The van der Waals surface area contributed by atoms with E-state index in [1.165, 1.54) is 11.1 Å². The molecule has 0 saturated heterocycles. The summed E-state index contributed by atoms with van der Waals surface area (Å²) in [6, 6.07) is 7.97. The highest BCUT2D eigenvalue weighted by atomic mass is 35.5. The molecule has 98 valence electrons. The third-order valence-corrected chi connectivity index (χ3v) is 3.30. The SMILES string of the molecule is C=C(OC)c1cncc(Cc2cc(Cl)ccc2C)c1. The number of nitrogens with zero attached hydrogens (tertiary/aromatic N) is 1. The fourth-order valence-electron chi connectivity index (χ4n) is 1.90. The maximum absolute atomic E-state index is 6.04. The Labute approximate surface area is 118 Å². The Morgan fingerprint density at radius 3 is 2.84 bits per heavy atom. The van der Waals surface area contributed by atoms with Crippen molar-refractivity contribution >= 4 is 17.4 Å². The lowest BCUT2D eigenvalue weighted by molar-refractivity contribution is 0.371. The van der Waals surface area contributed by atoms with Gasteiger partial charge in [-0.05, 0) is 48.2 Å². The number of ether oxygens (including phenoxy) is 1. The van der Waals surface area contributed by atoms with Crippen molar-refractivity contribution < 1.29 is 4.74 Å². The zero-order valence-electron chi connectivity index (χ0n) is 11.1. The van der Waals surface area contributed by atoms with E-state index in [0.717, 1.165) is 22.6 Å². The van der Waals surface area contributed by atoms with Gasteiger partial charge in [-0.1, -0.05) is 24.2 Å². The molecule has 0 amide bonds. The molecule has 0 bridgehead atoms. The van der Waals surface area contributed by atoms with Gasteiger partial charge in [-0.25, -0.2) is 0 Å². The van der Waals surface area contributed by atoms with Gasteiger partial charge in [0.15, 0.2) is 0 Å². The van der Waals surface area contributed by atoms with E-state index >= 15 is 0 Å². The Bertz CT molecular complexity index is 607. The van der Waals surface area contributed by atoms with Crippen molar-refractivity contribution in [2.45, 2.75) is 13.3 Å². The van der Waals surface area contributed by atoms with Gasteiger partial charge in [0.05, 0.1) is 7.11 Å². The van der Waals surface area contributed by atoms with Crippen molar-refractivity contribution in [3.05, 3.63) is 70.5 Å². The van der Waals surface area contributed by atoms with Gasteiger partial charge in [-0.2, -0.15) is 0 Å². The first-order valence-corrected chi connectivity index (χ1v) is 6.40. The average molecular weight is 274 g/mol. The van der Waals surface area contributed by atoms with Gasteiger partial charge in [0.2, 0.25) is 0 Å². The Hall–Kier alpha value is -1.80. The first-order chi connectivity index (χ1) is 9.10. The van der Waals surface area contributed by atoms with Crippen LogP contribution in [0.4, 0.5) is 0 Å². The Morgan fingerprint density at radius 2 is 2.11 bits per heavy atom. The van der Waals surface area contributed by atoms with Gasteiger partial charge in [-0.15, -0.1) is 0 Å². The fourth-order valence-corrected chi connectivity index (χ4v) is 2.10. The Kier molecular flexibility index (Phi) is 4.23. The quantitative estimate of drug-likeness (QED) is 0.777. The second kappa shape index (κ2) is 5.89. The van der Waals surface area contributed by atoms with Crippen LogP contribution in [0.1, 0.15) is 22.3 Å². The maximum atomic E-state index is 6.04. The normalized spacial score (nSPS) is 10.3. The van der Waals surface area contributed by atoms with Crippen molar-refractivity contribution in [3.8, 4) is 0 Å². The number of aromatic nitrogens is 1. The zero-order chi connectivity index (χ0) is 13.8. The van der Waals surface area contributed by atoms with Crippen LogP contribution in [0.25, 0.3) is 5.76 Å². The van der Waals surface area contributed by atoms with Crippen LogP contribution in [0.3, 0.4) is 0 Å². The number of benzene rings is 1. The Balaban J connectivity index is 2.28. The highest BCUT2D eigenvalue weighted by Crippen LogP contribution is 2.20. The molecule has 1 aromatic heterocycles. The maximum Gasteiger partial charge on any atom is 0.120 e. The minimum atomic E-state index is 0.622. The first-order valence-electron chi connectivity index (χ1n) is 6.02. The predicted octanol–water partition coefficient (Wildman–Crippen LogP) is 4.25. The third-order valence-electron chi connectivity index (χ3n) is 3.07. The van der Waals surface area contributed by atoms with Gasteiger partial charge >= 0.3 is 0 Å². The van der Waals surface area contributed by atoms with Crippen molar-refractivity contribution in [2.75, 3.05) is 7.11 Å². The topological polar surface area (TPSA) is 22.1 Å². The summed E-state index contributed by atoms with van der Waals surface area (Å²) in [5.74, 6) is 0.622. The number of hydrogen-bond acceptors (Lipinski definition) is 2. The van der Waals surface area contributed by atoms with E-state index in [-0.39, 0.29) is 0 Å². The number of rotatable bonds is 4. The van der Waals surface area contributed by atoms with E-state index in [9.17, 15) is 0 Å². The number of halogens is 1. The van der Waals surface area contributed by atoms with Crippen molar-refractivity contribution in [1.82, 2.24) is 4.98 Å². The smallest absolute Gasteiger partial charge is 0.120 e. The number of aryl methyl sites for hydroxylation is 1. The first kappa shape index (κ1) is 13.6. The molecule has 3 heteroatoms. The lowest BCUT2D eigenvalue weighted by Crippen LogP contribution is -1.95. The molecule has 0 saturated carbocycles. The monoisotopic (exact) mass is 273 g/mol. The molecule has 0 N–H and O–H groups in total. The molecule has 2 nitrogen and oxygen atoms in total. The van der Waals surface area contributed by atoms with Crippen LogP contribution in [-0.4, -0.2) is 12.1 Å². The lowest BCUT2D eigenvalue weighted by Gasteiger charge is -2.09. The molecule has 1 aromatic carbocycles. The van der Waals surface area contributed by atoms with E-state index in [0.29, 0.717) is 5.76 Å². The number of pyridine rings is 1. The van der Waals surface area contributed by atoms with E-state index < -0.39 is 0 Å². The molecule has 0 aliphatic rings. The van der Waals surface area contributed by atoms with E-state index in [1.807, 2.05) is 30.5 Å². The van der Waals surface area contributed by atoms with E-state index in [4.69, 9.17) is 16.3 Å². The zero-order valence-corrected chi connectivity index (χ0v) is 11.9. The molecule has 19 heavy (non-hydrogen) atoms. The standard InChI is InChI=1S/C16H16ClNO/c1-11-4-5-16(17)8-14(11)6-13-7-15(10-18-9-13)12(2)19-3/h4-5,7-10H,2,6H2,1,3H3. The molecule has 2 rings (SSSR count). The third kappa shape index (κ3) is 3.36. The minimum Gasteiger partial charge on any atom is -0.497 e. The second-order valence-electron chi connectivity index (χ2n) is 4.46. The second-order valence-corrected chi connectivity index (χ2v) is 4.89. The average Bonchev–Trinajstić information content (AvgIpc) is 2.42. The van der Waals surface area contributed by atoms with E-state index in [2.05, 4.69) is 18.5 Å². The number of methoxy groups -OCH3 is 1. The summed E-state index contributed by atoms with van der Waals surface area (Å²) in [4.78, 5) is 4.23. The lowest BCUT2D eigenvalue weighted by atomic mass is 10.0. The van der Waals surface area contributed by atoms with Crippen molar-refractivity contribution in [2.24, 2.45) is 0 Å². The molecule has 0 spiro atoms. The van der Waals surface area contributed by atoms with Crippen molar-refractivity contribution in [3.63, 3.8) is 0 Å². The molecule has 0 aliphatic carbocycles. The van der Waals surface area contributed by atoms with Crippen LogP contribution < -0.4 is 0 Å². The molecule has 0 radical (unpaired) electrons. The number of hydrogen-bond donors (Lipinski definition) is 0.